The Morgan fingerprint density at radius 3 is 1.23 bits per heavy atom. The van der Waals surface area contributed by atoms with Crippen molar-refractivity contribution in [1.29, 1.82) is 0 Å². The topological polar surface area (TPSA) is 145 Å². The van der Waals surface area contributed by atoms with Gasteiger partial charge in [-0.25, -0.2) is 0 Å². The molecule has 14 nitrogen and oxygen atoms in total. The van der Waals surface area contributed by atoms with E-state index in [-0.39, 0.29) is 52.9 Å². The first-order chi connectivity index (χ1) is 42.7. The van der Waals surface area contributed by atoms with Gasteiger partial charge in [-0.1, -0.05) is 244 Å². The van der Waals surface area contributed by atoms with Crippen LogP contribution in [0, 0.1) is 0 Å². The third kappa shape index (κ3) is 19.1. The predicted molar refractivity (Wildman–Crippen MR) is 334 cm³/mol. The van der Waals surface area contributed by atoms with Gasteiger partial charge in [0.2, 0.25) is 0 Å². The highest BCUT2D eigenvalue weighted by Crippen LogP contribution is 2.43. The lowest BCUT2D eigenvalue weighted by molar-refractivity contribution is -0.381. The molecule has 7 aromatic rings. The van der Waals surface area contributed by atoms with E-state index in [9.17, 15) is 8.42 Å². The van der Waals surface area contributed by atoms with Gasteiger partial charge in [0.15, 0.2) is 12.6 Å². The second-order valence-corrected chi connectivity index (χ2v) is 23.5. The summed E-state index contributed by atoms with van der Waals surface area (Å²) in [4.78, 5) is 0. The summed E-state index contributed by atoms with van der Waals surface area (Å²) in [6.07, 6.45) is -0.931. The van der Waals surface area contributed by atoms with Crippen LogP contribution in [0.4, 0.5) is 0 Å². The van der Waals surface area contributed by atoms with Gasteiger partial charge in [0.05, 0.1) is 59.1 Å². The molecule has 0 radical (unpaired) electrons. The Hall–Kier alpha value is -6.25. The number of methoxy groups -OCH3 is 1. The highest BCUT2D eigenvalue weighted by Gasteiger charge is 2.55. The summed E-state index contributed by atoms with van der Waals surface area (Å²) >= 11 is 0. The minimum Gasteiger partial charge on any atom is -0.379 e. The molecule has 15 heteroatoms. The molecule has 0 N–H and O–H groups in total. The summed E-state index contributed by atoms with van der Waals surface area (Å²) < 4.78 is 105. The minimum atomic E-state index is -3.44. The van der Waals surface area contributed by atoms with Crippen molar-refractivity contribution in [2.24, 2.45) is 0 Å². The summed E-state index contributed by atoms with van der Waals surface area (Å²) in [7, 11) is -1.86. The Bertz CT molecular complexity index is 3020. The fraction of sp³-hybridized carbons (Fsp3) is 0.389. The van der Waals surface area contributed by atoms with Crippen LogP contribution in [0.2, 0.25) is 0 Å². The summed E-state index contributed by atoms with van der Waals surface area (Å²) in [5, 5.41) is 0. The summed E-state index contributed by atoms with van der Waals surface area (Å²) in [5.74, 6) is 0. The quantitative estimate of drug-likeness (QED) is 0.0159. The molecule has 0 aliphatic carbocycles. The summed E-state index contributed by atoms with van der Waals surface area (Å²) in [5.41, 5.74) is 5.44. The molecule has 9 rings (SSSR count). The van der Waals surface area contributed by atoms with E-state index in [1.807, 2.05) is 176 Å². The summed E-state index contributed by atoms with van der Waals surface area (Å²) in [6.45, 7) is 5.89. The molecule has 0 aromatic heterocycles. The van der Waals surface area contributed by atoms with E-state index in [2.05, 4.69) is 43.0 Å². The second kappa shape index (κ2) is 34.5. The zero-order valence-corrected chi connectivity index (χ0v) is 50.8. The van der Waals surface area contributed by atoms with Crippen LogP contribution in [-0.2, 0) is 98.4 Å². The third-order valence-corrected chi connectivity index (χ3v) is 16.1. The SMILES string of the molecule is C=CCO[C@@H]1[C@H](O[C@H]2O[C@H](COC(c3ccccc3)(c3ccccc3)c3ccccc3)[C@H](OCc3ccccc3)[C@H](OCc3ccccc3)[C@H]2OCc2ccccc2)[C@@H](OC)O[C@H](COCCCCCCCCOS(C)(=O)=O)[C@H]1OCc1ccccc1. The molecule has 0 amide bonds. The first kappa shape index (κ1) is 65.2. The van der Waals surface area contributed by atoms with Gasteiger partial charge in [-0.05, 0) is 51.8 Å². The molecule has 87 heavy (non-hydrogen) atoms. The van der Waals surface area contributed by atoms with Gasteiger partial charge in [-0.2, -0.15) is 8.42 Å². The molecule has 0 bridgehead atoms. The lowest BCUT2D eigenvalue weighted by atomic mass is 9.80. The average molecular weight is 1210 g/mol. The first-order valence-electron chi connectivity index (χ1n) is 30.3. The van der Waals surface area contributed by atoms with E-state index in [1.165, 1.54) is 0 Å². The van der Waals surface area contributed by atoms with Gasteiger partial charge in [0.1, 0.15) is 54.4 Å². The maximum absolute atomic E-state index is 11.4. The van der Waals surface area contributed by atoms with Crippen molar-refractivity contribution in [1.82, 2.24) is 0 Å². The van der Waals surface area contributed by atoms with E-state index < -0.39 is 77.1 Å². The molecule has 2 aliphatic heterocycles. The maximum atomic E-state index is 11.4. The Morgan fingerprint density at radius 1 is 0.437 bits per heavy atom. The normalized spacial score (nSPS) is 22.4. The monoisotopic (exact) mass is 1200 g/mol. The molecule has 7 aromatic carbocycles. The standard InChI is InChI=1S/C72H84O14S/c1-4-46-77-67-64(78-49-55-32-16-9-17-33-55)62(53-76-47-30-7-5-6-8-31-48-83-87(3,73)74)84-70(75-2)69(67)86-71-68(81-52-58-38-22-12-23-39-58)66(80-51-57-36-20-11-21-37-57)65(79-50-56-34-18-10-19-35-56)63(85-71)54-82-72(59-40-24-13-25-41-59,60-42-26-14-27-43-60)61-44-28-15-29-45-61/h4,9-29,32-45,62-71H,1,5-8,30-31,46-54H2,2-3H3/t62-,63-,64-,65+,66+,67+,68-,69+,70+,71-/m1/s1. The number of unbranched alkanes of at least 4 members (excludes halogenated alkanes) is 5. The third-order valence-electron chi connectivity index (χ3n) is 15.5. The Morgan fingerprint density at radius 2 is 0.805 bits per heavy atom. The smallest absolute Gasteiger partial charge is 0.264 e. The molecular weight excluding hydrogens is 1120 g/mol. The van der Waals surface area contributed by atoms with Gasteiger partial charge < -0.3 is 52.1 Å². The van der Waals surface area contributed by atoms with E-state index >= 15 is 0 Å². The Labute approximate surface area is 514 Å². The van der Waals surface area contributed by atoms with E-state index in [1.54, 1.807) is 13.2 Å². The van der Waals surface area contributed by atoms with Crippen LogP contribution in [0.3, 0.4) is 0 Å². The van der Waals surface area contributed by atoms with E-state index in [0.717, 1.165) is 77.3 Å². The van der Waals surface area contributed by atoms with Crippen LogP contribution in [0.5, 0.6) is 0 Å². The minimum absolute atomic E-state index is 0.0115. The highest BCUT2D eigenvalue weighted by molar-refractivity contribution is 7.85. The number of rotatable bonds is 36. The van der Waals surface area contributed by atoms with Crippen molar-refractivity contribution in [2.45, 2.75) is 132 Å². The lowest BCUT2D eigenvalue weighted by Crippen LogP contribution is -2.66. The predicted octanol–water partition coefficient (Wildman–Crippen LogP) is 12.7. The van der Waals surface area contributed by atoms with Gasteiger partial charge in [-0.15, -0.1) is 6.58 Å². The average Bonchev–Trinajstić information content (AvgIpc) is 1.63. The molecular formula is C72H84O14S. The lowest BCUT2D eigenvalue weighted by Gasteiger charge is -2.50. The van der Waals surface area contributed by atoms with Crippen LogP contribution in [0.25, 0.3) is 0 Å². The van der Waals surface area contributed by atoms with Gasteiger partial charge >= 0.3 is 0 Å². The van der Waals surface area contributed by atoms with Crippen molar-refractivity contribution in [2.75, 3.05) is 46.4 Å². The zero-order chi connectivity index (χ0) is 60.4. The zero-order valence-electron chi connectivity index (χ0n) is 50.0. The molecule has 0 saturated carbocycles. The van der Waals surface area contributed by atoms with Gasteiger partial charge in [0.25, 0.3) is 10.1 Å². The van der Waals surface area contributed by atoms with Gasteiger partial charge in [-0.3, -0.25) is 4.18 Å². The number of hydrogen-bond acceptors (Lipinski definition) is 14. The van der Waals surface area contributed by atoms with Crippen LogP contribution in [0.1, 0.15) is 77.5 Å². The molecule has 2 aliphatic rings. The van der Waals surface area contributed by atoms with Crippen molar-refractivity contribution in [3.05, 3.63) is 264 Å². The molecule has 2 heterocycles. The number of hydrogen-bond donors (Lipinski definition) is 0. The maximum Gasteiger partial charge on any atom is 0.264 e. The van der Waals surface area contributed by atoms with Crippen LogP contribution in [-0.4, -0.2) is 116 Å². The molecule has 0 unspecified atom stereocenters. The van der Waals surface area contributed by atoms with Crippen molar-refractivity contribution in [3.63, 3.8) is 0 Å². The number of benzene rings is 7. The van der Waals surface area contributed by atoms with Crippen molar-refractivity contribution in [3.8, 4) is 0 Å². The first-order valence-corrected chi connectivity index (χ1v) is 32.1. The fourth-order valence-corrected chi connectivity index (χ4v) is 11.6. The Balaban J connectivity index is 1.08. The van der Waals surface area contributed by atoms with Crippen LogP contribution >= 0.6 is 0 Å². The second-order valence-electron chi connectivity index (χ2n) is 21.9. The fourth-order valence-electron chi connectivity index (χ4n) is 11.2. The van der Waals surface area contributed by atoms with Gasteiger partial charge in [0, 0.05) is 13.7 Å². The van der Waals surface area contributed by atoms with E-state index in [4.69, 9.17) is 56.3 Å². The van der Waals surface area contributed by atoms with Crippen molar-refractivity contribution >= 4 is 10.1 Å². The molecule has 2 fully saturated rings. The summed E-state index contributed by atoms with van der Waals surface area (Å²) in [6, 6.07) is 70.8. The van der Waals surface area contributed by atoms with Crippen LogP contribution < -0.4 is 0 Å². The molecule has 462 valence electrons. The highest BCUT2D eigenvalue weighted by atomic mass is 32.2. The van der Waals surface area contributed by atoms with Crippen molar-refractivity contribution < 1.29 is 64.7 Å². The molecule has 10 atom stereocenters. The van der Waals surface area contributed by atoms with E-state index in [0.29, 0.717) is 13.0 Å². The molecule has 2 saturated heterocycles. The largest absolute Gasteiger partial charge is 0.379 e. The molecule has 0 spiro atoms. The Kier molecular flexibility index (Phi) is 25.8. The van der Waals surface area contributed by atoms with Crippen LogP contribution in [0.15, 0.2) is 225 Å². The number of ether oxygens (including phenoxy) is 11.